The molecule has 0 atom stereocenters. The predicted molar refractivity (Wildman–Crippen MR) is 74.6 cm³/mol. The van der Waals surface area contributed by atoms with Crippen molar-refractivity contribution in [1.82, 2.24) is 14.5 Å². The molecular formula is C14H17N3S. The van der Waals surface area contributed by atoms with E-state index in [-0.39, 0.29) is 0 Å². The Bertz CT molecular complexity index is 541. The average Bonchev–Trinajstić information content (AvgIpc) is 2.99. The van der Waals surface area contributed by atoms with Crippen LogP contribution in [0.15, 0.2) is 36.5 Å². The van der Waals surface area contributed by atoms with Crippen LogP contribution in [0.1, 0.15) is 16.3 Å². The van der Waals surface area contributed by atoms with Gasteiger partial charge in [0.15, 0.2) is 0 Å². The van der Waals surface area contributed by atoms with Crippen molar-refractivity contribution in [2.24, 2.45) is 0 Å². The van der Waals surface area contributed by atoms with Crippen molar-refractivity contribution >= 4 is 11.3 Å². The molecule has 3 nitrogen and oxygen atoms in total. The Labute approximate surface area is 111 Å². The van der Waals surface area contributed by atoms with Crippen LogP contribution < -0.4 is 0 Å². The van der Waals surface area contributed by atoms with Gasteiger partial charge in [0.2, 0.25) is 0 Å². The minimum Gasteiger partial charge on any atom is -0.346 e. The molecule has 1 aliphatic rings. The quantitative estimate of drug-likeness (QED) is 0.787. The van der Waals surface area contributed by atoms with Gasteiger partial charge in [-0.2, -0.15) is 0 Å². The largest absolute Gasteiger partial charge is 0.346 e. The fraction of sp³-hybridized carbons (Fsp3) is 0.357. The van der Waals surface area contributed by atoms with Crippen LogP contribution in [-0.4, -0.2) is 21.0 Å². The van der Waals surface area contributed by atoms with Gasteiger partial charge >= 0.3 is 0 Å². The molecule has 18 heavy (non-hydrogen) atoms. The first-order valence-corrected chi connectivity index (χ1v) is 7.13. The number of fused-ring (bicyclic) bond motifs is 1. The first-order chi connectivity index (χ1) is 8.86. The molecule has 0 fully saturated rings. The van der Waals surface area contributed by atoms with Gasteiger partial charge < -0.3 is 4.57 Å². The summed E-state index contributed by atoms with van der Waals surface area (Å²) in [5.74, 6) is 0. The van der Waals surface area contributed by atoms with Gasteiger partial charge in [0, 0.05) is 49.4 Å². The summed E-state index contributed by atoms with van der Waals surface area (Å²) in [7, 11) is 0. The first kappa shape index (κ1) is 11.7. The second kappa shape index (κ2) is 5.08. The monoisotopic (exact) mass is 259 g/mol. The summed E-state index contributed by atoms with van der Waals surface area (Å²) < 4.78 is 2.26. The Kier molecular flexibility index (Phi) is 3.30. The van der Waals surface area contributed by atoms with E-state index in [1.165, 1.54) is 16.3 Å². The number of hydrogen-bond acceptors (Lipinski definition) is 3. The highest BCUT2D eigenvalue weighted by Crippen LogP contribution is 2.22. The van der Waals surface area contributed by atoms with Crippen LogP contribution in [0.4, 0.5) is 0 Å². The smallest absolute Gasteiger partial charge is 0.0798 e. The van der Waals surface area contributed by atoms with Crippen LogP contribution in [0.3, 0.4) is 0 Å². The van der Waals surface area contributed by atoms with E-state index in [4.69, 9.17) is 0 Å². The molecule has 0 saturated carbocycles. The number of hydrogen-bond donors (Lipinski definition) is 0. The number of allylic oxidation sites excluding steroid dienone is 1. The van der Waals surface area contributed by atoms with Crippen LogP contribution in [-0.2, 0) is 26.1 Å². The van der Waals surface area contributed by atoms with E-state index in [2.05, 4.69) is 39.4 Å². The first-order valence-electron chi connectivity index (χ1n) is 6.25. The van der Waals surface area contributed by atoms with Gasteiger partial charge in [-0.25, -0.2) is 4.98 Å². The molecule has 0 bridgehead atoms. The highest BCUT2D eigenvalue weighted by molar-refractivity contribution is 7.09. The maximum atomic E-state index is 4.41. The molecule has 0 N–H and O–H groups in total. The summed E-state index contributed by atoms with van der Waals surface area (Å²) >= 11 is 1.78. The fourth-order valence-electron chi connectivity index (χ4n) is 2.45. The average molecular weight is 259 g/mol. The Balaban J connectivity index is 1.70. The lowest BCUT2D eigenvalue weighted by Gasteiger charge is -2.26. The third kappa shape index (κ3) is 2.26. The zero-order valence-electron chi connectivity index (χ0n) is 10.4. The molecule has 3 heterocycles. The van der Waals surface area contributed by atoms with E-state index in [0.717, 1.165) is 32.6 Å². The summed E-state index contributed by atoms with van der Waals surface area (Å²) in [6.07, 6.45) is 5.15. The maximum Gasteiger partial charge on any atom is 0.0798 e. The SMILES string of the molecule is C=CCn1cccc1CN1CCc2ncsc2C1. The zero-order valence-corrected chi connectivity index (χ0v) is 11.2. The van der Waals surface area contributed by atoms with Crippen LogP contribution in [0, 0.1) is 0 Å². The molecule has 1 aliphatic heterocycles. The number of rotatable bonds is 4. The lowest BCUT2D eigenvalue weighted by atomic mass is 10.2. The van der Waals surface area contributed by atoms with Gasteiger partial charge in [-0.1, -0.05) is 6.08 Å². The second-order valence-electron chi connectivity index (χ2n) is 4.62. The molecule has 0 amide bonds. The van der Waals surface area contributed by atoms with E-state index >= 15 is 0 Å². The Hall–Kier alpha value is -1.39. The van der Waals surface area contributed by atoms with Crippen LogP contribution >= 0.6 is 11.3 Å². The molecule has 0 saturated heterocycles. The van der Waals surface area contributed by atoms with Crippen LogP contribution in [0.5, 0.6) is 0 Å². The van der Waals surface area contributed by atoms with E-state index in [0.29, 0.717) is 0 Å². The molecule has 0 radical (unpaired) electrons. The Morgan fingerprint density at radius 1 is 1.50 bits per heavy atom. The van der Waals surface area contributed by atoms with Crippen molar-refractivity contribution in [3.05, 3.63) is 52.8 Å². The fourth-order valence-corrected chi connectivity index (χ4v) is 3.30. The van der Waals surface area contributed by atoms with Crippen LogP contribution in [0.25, 0.3) is 0 Å². The van der Waals surface area contributed by atoms with Crippen molar-refractivity contribution in [2.45, 2.75) is 26.1 Å². The zero-order chi connectivity index (χ0) is 12.4. The van der Waals surface area contributed by atoms with Crippen molar-refractivity contribution in [2.75, 3.05) is 6.54 Å². The van der Waals surface area contributed by atoms with Gasteiger partial charge in [0.05, 0.1) is 11.2 Å². The molecule has 3 rings (SSSR count). The van der Waals surface area contributed by atoms with Gasteiger partial charge in [0.1, 0.15) is 0 Å². The minimum absolute atomic E-state index is 0.891. The normalized spacial score (nSPS) is 15.6. The highest BCUT2D eigenvalue weighted by Gasteiger charge is 2.19. The number of thiazole rings is 1. The summed E-state index contributed by atoms with van der Waals surface area (Å²) in [6, 6.07) is 4.31. The highest BCUT2D eigenvalue weighted by atomic mass is 32.1. The van der Waals surface area contributed by atoms with Gasteiger partial charge in [-0.05, 0) is 12.1 Å². The molecule has 94 valence electrons. The van der Waals surface area contributed by atoms with E-state index in [9.17, 15) is 0 Å². The molecule has 0 spiro atoms. The number of nitrogens with zero attached hydrogens (tertiary/aromatic N) is 3. The van der Waals surface area contributed by atoms with E-state index in [1.807, 2.05) is 11.6 Å². The van der Waals surface area contributed by atoms with Crippen molar-refractivity contribution in [1.29, 1.82) is 0 Å². The lowest BCUT2D eigenvalue weighted by molar-refractivity contribution is 0.241. The molecule has 0 aromatic carbocycles. The predicted octanol–water partition coefficient (Wildman–Crippen LogP) is 2.69. The van der Waals surface area contributed by atoms with Crippen molar-refractivity contribution in [3.63, 3.8) is 0 Å². The minimum atomic E-state index is 0.891. The number of aromatic nitrogens is 2. The van der Waals surface area contributed by atoms with Gasteiger partial charge in [0.25, 0.3) is 0 Å². The summed E-state index contributed by atoms with van der Waals surface area (Å²) in [4.78, 5) is 8.34. The topological polar surface area (TPSA) is 21.1 Å². The molecule has 0 aliphatic carbocycles. The van der Waals surface area contributed by atoms with Crippen LogP contribution in [0.2, 0.25) is 0 Å². The second-order valence-corrected chi connectivity index (χ2v) is 5.56. The third-order valence-electron chi connectivity index (χ3n) is 3.39. The third-order valence-corrected chi connectivity index (χ3v) is 4.25. The molecular weight excluding hydrogens is 242 g/mol. The van der Waals surface area contributed by atoms with Crippen molar-refractivity contribution < 1.29 is 0 Å². The van der Waals surface area contributed by atoms with Gasteiger partial charge in [-0.15, -0.1) is 17.9 Å². The van der Waals surface area contributed by atoms with Gasteiger partial charge in [-0.3, -0.25) is 4.90 Å². The maximum absolute atomic E-state index is 4.41. The Morgan fingerprint density at radius 2 is 2.44 bits per heavy atom. The molecule has 2 aromatic rings. The summed E-state index contributed by atoms with van der Waals surface area (Å²) in [5.41, 5.74) is 4.63. The van der Waals surface area contributed by atoms with E-state index < -0.39 is 0 Å². The molecule has 0 unspecified atom stereocenters. The summed E-state index contributed by atoms with van der Waals surface area (Å²) in [5, 5.41) is 0. The van der Waals surface area contributed by atoms with Crippen molar-refractivity contribution in [3.8, 4) is 0 Å². The molecule has 4 heteroatoms. The standard InChI is InChI=1S/C14H17N3S/c1-2-6-17-7-3-4-12(17)9-16-8-5-13-14(10-16)18-11-15-13/h2-4,7,11H,1,5-6,8-10H2. The van der Waals surface area contributed by atoms with E-state index in [1.54, 1.807) is 11.3 Å². The molecule has 2 aromatic heterocycles. The lowest BCUT2D eigenvalue weighted by Crippen LogP contribution is -2.30. The Morgan fingerprint density at radius 3 is 3.33 bits per heavy atom. The summed E-state index contributed by atoms with van der Waals surface area (Å²) in [6.45, 7) is 7.86.